The Balaban J connectivity index is 1.87. The Bertz CT molecular complexity index is 452. The molecule has 0 amide bonds. The van der Waals surface area contributed by atoms with Crippen LogP contribution >= 0.6 is 0 Å². The molecule has 1 fully saturated rings. The minimum atomic E-state index is -0.919. The summed E-state index contributed by atoms with van der Waals surface area (Å²) in [5, 5.41) is 12.9. The summed E-state index contributed by atoms with van der Waals surface area (Å²) in [6.07, 6.45) is 3.94. The molecule has 6 heteroatoms. The van der Waals surface area contributed by atoms with Gasteiger partial charge >= 0.3 is 5.97 Å². The smallest absolute Gasteiger partial charge is 0.329 e. The molecule has 2 heterocycles. The molecule has 0 spiro atoms. The molecule has 6 nitrogen and oxygen atoms in total. The number of carbonyl (C=O) groups is 1. The number of hydrogen-bond acceptors (Lipinski definition) is 4. The summed E-state index contributed by atoms with van der Waals surface area (Å²) < 4.78 is 7.32. The van der Waals surface area contributed by atoms with Crippen LogP contribution in [0, 0.1) is 0 Å². The second kappa shape index (κ2) is 5.30. The zero-order chi connectivity index (χ0) is 14.0. The van der Waals surface area contributed by atoms with E-state index < -0.39 is 5.97 Å². The van der Waals surface area contributed by atoms with E-state index in [0.717, 1.165) is 19.6 Å². The molecule has 1 N–H and O–H groups in total. The highest BCUT2D eigenvalue weighted by Crippen LogP contribution is 2.32. The minimum Gasteiger partial charge on any atom is -0.480 e. The summed E-state index contributed by atoms with van der Waals surface area (Å²) in [5.41, 5.74) is 0.843. The van der Waals surface area contributed by atoms with Gasteiger partial charge in [0.25, 0.3) is 0 Å². The third-order valence-electron chi connectivity index (χ3n) is 3.63. The van der Waals surface area contributed by atoms with E-state index >= 15 is 0 Å². The summed E-state index contributed by atoms with van der Waals surface area (Å²) in [6, 6.07) is 0.279. The van der Waals surface area contributed by atoms with Crippen molar-refractivity contribution in [2.45, 2.75) is 39.0 Å². The van der Waals surface area contributed by atoms with E-state index in [1.807, 2.05) is 17.8 Å². The standard InChI is InChI=1S/C13H21N3O3/c1-4-16-6-11(5-14-16)10(2)15-8-13(3,9-15)19-7-12(17)18/h5-6,10H,4,7-9H2,1-3H3,(H,17,18). The average molecular weight is 267 g/mol. The lowest BCUT2D eigenvalue weighted by atomic mass is 9.93. The summed E-state index contributed by atoms with van der Waals surface area (Å²) in [7, 11) is 0. The van der Waals surface area contributed by atoms with Gasteiger partial charge in [-0.05, 0) is 20.8 Å². The Labute approximate surface area is 113 Å². The molecule has 19 heavy (non-hydrogen) atoms. The fourth-order valence-electron chi connectivity index (χ4n) is 2.39. The number of ether oxygens (including phenoxy) is 1. The molecular formula is C13H21N3O3. The first-order chi connectivity index (χ1) is 8.93. The van der Waals surface area contributed by atoms with Gasteiger partial charge in [0.1, 0.15) is 6.61 Å². The van der Waals surface area contributed by atoms with Gasteiger partial charge < -0.3 is 9.84 Å². The summed E-state index contributed by atoms with van der Waals surface area (Å²) in [5.74, 6) is -0.919. The van der Waals surface area contributed by atoms with E-state index in [2.05, 4.69) is 30.0 Å². The minimum absolute atomic E-state index is 0.230. The number of carboxylic acid groups (broad SMARTS) is 1. The Morgan fingerprint density at radius 3 is 2.84 bits per heavy atom. The molecule has 1 aromatic rings. The summed E-state index contributed by atoms with van der Waals surface area (Å²) in [4.78, 5) is 12.8. The molecule has 1 aliphatic rings. The Kier molecular flexibility index (Phi) is 3.91. The maximum Gasteiger partial charge on any atom is 0.329 e. The fraction of sp³-hybridized carbons (Fsp3) is 0.692. The Morgan fingerprint density at radius 2 is 2.32 bits per heavy atom. The number of aryl methyl sites for hydroxylation is 1. The topological polar surface area (TPSA) is 67.6 Å². The predicted octanol–water partition coefficient (Wildman–Crippen LogP) is 1.14. The molecule has 0 radical (unpaired) electrons. The van der Waals surface area contributed by atoms with E-state index in [9.17, 15) is 4.79 Å². The molecule has 1 unspecified atom stereocenters. The van der Waals surface area contributed by atoms with Gasteiger partial charge in [0, 0.05) is 37.4 Å². The van der Waals surface area contributed by atoms with Crippen molar-refractivity contribution in [2.75, 3.05) is 19.7 Å². The number of aliphatic carboxylic acids is 1. The highest BCUT2D eigenvalue weighted by atomic mass is 16.5. The first-order valence-corrected chi connectivity index (χ1v) is 6.55. The number of aromatic nitrogens is 2. The maximum absolute atomic E-state index is 10.5. The van der Waals surface area contributed by atoms with Gasteiger partial charge in [-0.25, -0.2) is 4.79 Å². The molecule has 0 aromatic carbocycles. The van der Waals surface area contributed by atoms with Crippen molar-refractivity contribution in [3.63, 3.8) is 0 Å². The van der Waals surface area contributed by atoms with Crippen LogP contribution in [0.3, 0.4) is 0 Å². The molecule has 0 saturated carbocycles. The van der Waals surface area contributed by atoms with Crippen LogP contribution in [-0.4, -0.2) is 51.1 Å². The Morgan fingerprint density at radius 1 is 1.63 bits per heavy atom. The number of nitrogens with zero attached hydrogens (tertiary/aromatic N) is 3. The second-order valence-corrected chi connectivity index (χ2v) is 5.34. The van der Waals surface area contributed by atoms with Crippen LogP contribution in [0.25, 0.3) is 0 Å². The van der Waals surface area contributed by atoms with Crippen LogP contribution in [0.5, 0.6) is 0 Å². The van der Waals surface area contributed by atoms with Crippen molar-refractivity contribution in [2.24, 2.45) is 0 Å². The number of rotatable bonds is 6. The third-order valence-corrected chi connectivity index (χ3v) is 3.63. The van der Waals surface area contributed by atoms with Gasteiger partial charge in [0.05, 0.1) is 11.8 Å². The highest BCUT2D eigenvalue weighted by Gasteiger charge is 2.42. The first kappa shape index (κ1) is 14.0. The quantitative estimate of drug-likeness (QED) is 0.837. The molecular weight excluding hydrogens is 246 g/mol. The van der Waals surface area contributed by atoms with Crippen LogP contribution in [0.4, 0.5) is 0 Å². The highest BCUT2D eigenvalue weighted by molar-refractivity contribution is 5.68. The van der Waals surface area contributed by atoms with Crippen molar-refractivity contribution in [3.8, 4) is 0 Å². The van der Waals surface area contributed by atoms with Crippen LogP contribution in [0.15, 0.2) is 12.4 Å². The van der Waals surface area contributed by atoms with Crippen molar-refractivity contribution >= 4 is 5.97 Å². The largest absolute Gasteiger partial charge is 0.480 e. The number of likely N-dealkylation sites (tertiary alicyclic amines) is 1. The zero-order valence-electron chi connectivity index (χ0n) is 11.7. The van der Waals surface area contributed by atoms with Gasteiger partial charge in [0.15, 0.2) is 0 Å². The van der Waals surface area contributed by atoms with Crippen LogP contribution in [-0.2, 0) is 16.1 Å². The van der Waals surface area contributed by atoms with Crippen LogP contribution in [0.2, 0.25) is 0 Å². The molecule has 1 atom stereocenters. The van der Waals surface area contributed by atoms with Crippen molar-refractivity contribution in [1.82, 2.24) is 14.7 Å². The third kappa shape index (κ3) is 3.13. The SMILES string of the molecule is CCn1cc(C(C)N2CC(C)(OCC(=O)O)C2)cn1. The van der Waals surface area contributed by atoms with E-state index in [1.165, 1.54) is 5.56 Å². The number of carboxylic acids is 1. The van der Waals surface area contributed by atoms with E-state index in [-0.39, 0.29) is 18.2 Å². The monoisotopic (exact) mass is 267 g/mol. The molecule has 106 valence electrons. The van der Waals surface area contributed by atoms with Crippen LogP contribution < -0.4 is 0 Å². The second-order valence-electron chi connectivity index (χ2n) is 5.34. The lowest BCUT2D eigenvalue weighted by Crippen LogP contribution is -2.62. The average Bonchev–Trinajstić information content (AvgIpc) is 2.80. The van der Waals surface area contributed by atoms with Crippen molar-refractivity contribution in [3.05, 3.63) is 18.0 Å². The van der Waals surface area contributed by atoms with Crippen molar-refractivity contribution in [1.29, 1.82) is 0 Å². The normalized spacial score (nSPS) is 19.9. The number of hydrogen-bond donors (Lipinski definition) is 1. The van der Waals surface area contributed by atoms with Crippen molar-refractivity contribution < 1.29 is 14.6 Å². The molecule has 1 saturated heterocycles. The van der Waals surface area contributed by atoms with E-state index in [1.54, 1.807) is 0 Å². The molecule has 1 aromatic heterocycles. The Hall–Kier alpha value is -1.40. The van der Waals surface area contributed by atoms with Gasteiger partial charge in [0.2, 0.25) is 0 Å². The lowest BCUT2D eigenvalue weighted by Gasteiger charge is -2.50. The van der Waals surface area contributed by atoms with Gasteiger partial charge in [-0.15, -0.1) is 0 Å². The summed E-state index contributed by atoms with van der Waals surface area (Å²) >= 11 is 0. The van der Waals surface area contributed by atoms with E-state index in [4.69, 9.17) is 9.84 Å². The fourth-order valence-corrected chi connectivity index (χ4v) is 2.39. The molecule has 0 aliphatic carbocycles. The molecule has 2 rings (SSSR count). The zero-order valence-corrected chi connectivity index (χ0v) is 11.7. The first-order valence-electron chi connectivity index (χ1n) is 6.55. The molecule has 0 bridgehead atoms. The van der Waals surface area contributed by atoms with Gasteiger partial charge in [-0.3, -0.25) is 9.58 Å². The van der Waals surface area contributed by atoms with E-state index in [0.29, 0.717) is 0 Å². The van der Waals surface area contributed by atoms with Crippen LogP contribution in [0.1, 0.15) is 32.4 Å². The lowest BCUT2D eigenvalue weighted by molar-refractivity contribution is -0.169. The van der Waals surface area contributed by atoms with Gasteiger partial charge in [-0.1, -0.05) is 0 Å². The molecule has 1 aliphatic heterocycles. The predicted molar refractivity (Wildman–Crippen MR) is 69.9 cm³/mol. The maximum atomic E-state index is 10.5. The van der Waals surface area contributed by atoms with Gasteiger partial charge in [-0.2, -0.15) is 5.10 Å². The summed E-state index contributed by atoms with van der Waals surface area (Å²) in [6.45, 7) is 8.28.